The minimum Gasteiger partial charge on any atom is -0.481 e. The summed E-state index contributed by atoms with van der Waals surface area (Å²) in [5.41, 5.74) is 0.577. The zero-order chi connectivity index (χ0) is 28.3. The Morgan fingerprint density at radius 3 is 2.13 bits per heavy atom. The van der Waals surface area contributed by atoms with E-state index >= 15 is 0 Å². The molecule has 4 fully saturated rings. The molecular weight excluding hydrogens is 474 g/mol. The van der Waals surface area contributed by atoms with Crippen LogP contribution in [0.2, 0.25) is 0 Å². The quantitative estimate of drug-likeness (QED) is 0.399. The van der Waals surface area contributed by atoms with Crippen LogP contribution in [0.3, 0.4) is 0 Å². The smallest absolute Gasteiger partial charge is 0.310 e. The summed E-state index contributed by atoms with van der Waals surface area (Å²) in [6.07, 6.45) is 10.1. The molecule has 0 unspecified atom stereocenters. The van der Waals surface area contributed by atoms with Gasteiger partial charge in [0.1, 0.15) is 0 Å². The van der Waals surface area contributed by atoms with Crippen molar-refractivity contribution in [2.75, 3.05) is 14.1 Å². The van der Waals surface area contributed by atoms with Gasteiger partial charge in [-0.05, 0) is 103 Å². The lowest BCUT2D eigenvalue weighted by atomic mass is 9.33. The Morgan fingerprint density at radius 1 is 0.895 bits per heavy atom. The van der Waals surface area contributed by atoms with E-state index in [9.17, 15) is 19.8 Å². The SMILES string of the molecule is CN(C)C(=O)[C@@H]1C[C@]2(C)[C@H]3CC=C4[C@@H]5CC(C)(C)CC[C@]5(C(=O)O)CC[C@@]4(C)[C@]3(C)CC[C@H]2C(C)(C)[C@H]1O. The molecule has 0 saturated heterocycles. The molecule has 1 amide bonds. The molecule has 5 heteroatoms. The number of fused-ring (bicyclic) bond motifs is 7. The van der Waals surface area contributed by atoms with Gasteiger partial charge in [0.15, 0.2) is 0 Å². The van der Waals surface area contributed by atoms with Gasteiger partial charge in [0.25, 0.3) is 0 Å². The minimum atomic E-state index is -0.638. The average Bonchev–Trinajstić information content (AvgIpc) is 2.81. The summed E-state index contributed by atoms with van der Waals surface area (Å²) in [6, 6.07) is 0. The van der Waals surface area contributed by atoms with E-state index < -0.39 is 17.5 Å². The molecule has 0 radical (unpaired) electrons. The third kappa shape index (κ3) is 3.45. The molecule has 9 atom stereocenters. The molecule has 2 N–H and O–H groups in total. The monoisotopic (exact) mass is 527 g/mol. The first kappa shape index (κ1) is 28.2. The second kappa shape index (κ2) is 8.33. The molecule has 0 heterocycles. The van der Waals surface area contributed by atoms with Gasteiger partial charge in [-0.3, -0.25) is 9.59 Å². The van der Waals surface area contributed by atoms with Gasteiger partial charge in [-0.2, -0.15) is 0 Å². The zero-order valence-corrected chi connectivity index (χ0v) is 25.5. The number of amides is 1. The van der Waals surface area contributed by atoms with Crippen molar-refractivity contribution in [3.8, 4) is 0 Å². The van der Waals surface area contributed by atoms with Crippen LogP contribution >= 0.6 is 0 Å². The summed E-state index contributed by atoms with van der Waals surface area (Å²) in [4.78, 5) is 27.9. The molecule has 0 aromatic rings. The highest BCUT2D eigenvalue weighted by atomic mass is 16.4. The standard InChI is InChI=1S/C33H53NO4/c1-28(2)14-16-33(27(37)38)17-15-31(6)21(22(33)19-28)10-11-24-30(5)18-20(26(36)34(8)9)25(35)29(3,4)23(30)12-13-32(24,31)7/h10,20,22-25,35H,11-19H2,1-9H3,(H,37,38)/t20-,22+,23+,24-,25+,30+,31-,32-,33+/m1/s1. The molecule has 5 aliphatic carbocycles. The lowest BCUT2D eigenvalue weighted by molar-refractivity contribution is -0.221. The number of carbonyl (C=O) groups excluding carboxylic acids is 1. The lowest BCUT2D eigenvalue weighted by Gasteiger charge is -2.71. The van der Waals surface area contributed by atoms with E-state index in [0.29, 0.717) is 11.8 Å². The number of rotatable bonds is 2. The molecule has 38 heavy (non-hydrogen) atoms. The van der Waals surface area contributed by atoms with E-state index in [4.69, 9.17) is 0 Å². The summed E-state index contributed by atoms with van der Waals surface area (Å²) < 4.78 is 0. The Labute approximate surface area is 230 Å². The number of carbonyl (C=O) groups is 2. The summed E-state index contributed by atoms with van der Waals surface area (Å²) in [6.45, 7) is 16.4. The van der Waals surface area contributed by atoms with Crippen LogP contribution in [-0.4, -0.2) is 47.2 Å². The van der Waals surface area contributed by atoms with Gasteiger partial charge >= 0.3 is 5.97 Å². The second-order valence-electron chi connectivity index (χ2n) is 16.5. The Morgan fingerprint density at radius 2 is 1.53 bits per heavy atom. The summed E-state index contributed by atoms with van der Waals surface area (Å²) in [5, 5.41) is 22.1. The van der Waals surface area contributed by atoms with E-state index in [1.807, 2.05) is 0 Å². The van der Waals surface area contributed by atoms with Crippen LogP contribution in [0.15, 0.2) is 11.6 Å². The van der Waals surface area contributed by atoms with Crippen molar-refractivity contribution < 1.29 is 19.8 Å². The summed E-state index contributed by atoms with van der Waals surface area (Å²) in [5.74, 6) is -0.0599. The van der Waals surface area contributed by atoms with Gasteiger partial charge in [0.05, 0.1) is 17.4 Å². The van der Waals surface area contributed by atoms with Gasteiger partial charge in [-0.25, -0.2) is 0 Å². The maximum Gasteiger partial charge on any atom is 0.310 e. The Kier molecular flexibility index (Phi) is 6.18. The molecule has 0 aromatic heterocycles. The van der Waals surface area contributed by atoms with Crippen LogP contribution in [0, 0.1) is 56.2 Å². The molecule has 5 aliphatic rings. The first-order chi connectivity index (χ1) is 17.4. The fraction of sp³-hybridized carbons (Fsp3) is 0.879. The van der Waals surface area contributed by atoms with Gasteiger partial charge in [0.2, 0.25) is 5.91 Å². The number of nitrogens with zero attached hydrogens (tertiary/aromatic N) is 1. The minimum absolute atomic E-state index is 0.0395. The van der Waals surface area contributed by atoms with Gasteiger partial charge < -0.3 is 15.1 Å². The molecule has 4 saturated carbocycles. The van der Waals surface area contributed by atoms with Crippen LogP contribution < -0.4 is 0 Å². The zero-order valence-electron chi connectivity index (χ0n) is 25.5. The van der Waals surface area contributed by atoms with Crippen LogP contribution in [-0.2, 0) is 9.59 Å². The van der Waals surface area contributed by atoms with E-state index in [1.165, 1.54) is 5.57 Å². The highest BCUT2D eigenvalue weighted by Gasteiger charge is 2.70. The van der Waals surface area contributed by atoms with Crippen LogP contribution in [0.25, 0.3) is 0 Å². The topological polar surface area (TPSA) is 77.8 Å². The van der Waals surface area contributed by atoms with E-state index in [0.717, 1.165) is 57.8 Å². The maximum absolute atomic E-state index is 13.4. The maximum atomic E-state index is 13.4. The number of aliphatic hydroxyl groups excluding tert-OH is 1. The van der Waals surface area contributed by atoms with Crippen LogP contribution in [0.5, 0.6) is 0 Å². The number of hydrogen-bond acceptors (Lipinski definition) is 3. The lowest BCUT2D eigenvalue weighted by Crippen LogP contribution is -2.67. The van der Waals surface area contributed by atoms with E-state index in [2.05, 4.69) is 54.5 Å². The van der Waals surface area contributed by atoms with Crippen molar-refractivity contribution in [2.24, 2.45) is 56.2 Å². The first-order valence-corrected chi connectivity index (χ1v) is 15.2. The van der Waals surface area contributed by atoms with E-state index in [1.54, 1.807) is 19.0 Å². The summed E-state index contributed by atoms with van der Waals surface area (Å²) in [7, 11) is 3.61. The number of hydrogen-bond donors (Lipinski definition) is 2. The van der Waals surface area contributed by atoms with Gasteiger partial charge in [0, 0.05) is 14.1 Å². The number of carboxylic acids is 1. The summed E-state index contributed by atoms with van der Waals surface area (Å²) >= 11 is 0. The molecule has 0 aromatic carbocycles. The third-order valence-corrected chi connectivity index (χ3v) is 13.8. The fourth-order valence-corrected chi connectivity index (χ4v) is 11.4. The fourth-order valence-electron chi connectivity index (χ4n) is 11.4. The molecule has 0 spiro atoms. The Bertz CT molecular complexity index is 1060. The van der Waals surface area contributed by atoms with Crippen molar-refractivity contribution in [3.05, 3.63) is 11.6 Å². The molecular formula is C33H53NO4. The van der Waals surface area contributed by atoms with Crippen molar-refractivity contribution in [3.63, 3.8) is 0 Å². The largest absolute Gasteiger partial charge is 0.481 e. The number of aliphatic hydroxyl groups is 1. The van der Waals surface area contributed by atoms with E-state index in [-0.39, 0.29) is 44.8 Å². The van der Waals surface area contributed by atoms with Gasteiger partial charge in [-0.15, -0.1) is 0 Å². The molecule has 0 bridgehead atoms. The molecule has 5 nitrogen and oxygen atoms in total. The number of allylic oxidation sites excluding steroid dienone is 2. The predicted molar refractivity (Wildman–Crippen MR) is 150 cm³/mol. The van der Waals surface area contributed by atoms with Crippen molar-refractivity contribution in [2.45, 2.75) is 112 Å². The molecule has 5 rings (SSSR count). The van der Waals surface area contributed by atoms with Crippen LogP contribution in [0.4, 0.5) is 0 Å². The van der Waals surface area contributed by atoms with Crippen LogP contribution in [0.1, 0.15) is 106 Å². The second-order valence-corrected chi connectivity index (χ2v) is 16.5. The highest BCUT2D eigenvalue weighted by molar-refractivity contribution is 5.79. The highest BCUT2D eigenvalue weighted by Crippen LogP contribution is 2.76. The Hall–Kier alpha value is -1.36. The normalized spacial score (nSPS) is 48.9. The van der Waals surface area contributed by atoms with Crippen molar-refractivity contribution in [1.82, 2.24) is 4.90 Å². The number of carboxylic acid groups (broad SMARTS) is 1. The average molecular weight is 528 g/mol. The number of aliphatic carboxylic acids is 1. The van der Waals surface area contributed by atoms with Gasteiger partial charge in [-0.1, -0.05) is 60.1 Å². The molecule has 214 valence electrons. The third-order valence-electron chi connectivity index (χ3n) is 13.8. The first-order valence-electron chi connectivity index (χ1n) is 15.2. The predicted octanol–water partition coefficient (Wildman–Crippen LogP) is 6.55. The van der Waals surface area contributed by atoms with Crippen molar-refractivity contribution in [1.29, 1.82) is 0 Å². The molecule has 0 aliphatic heterocycles. The van der Waals surface area contributed by atoms with Crippen molar-refractivity contribution >= 4 is 11.9 Å². The Balaban J connectivity index is 1.60.